The van der Waals surface area contributed by atoms with Crippen LogP contribution < -0.4 is 11.1 Å². The van der Waals surface area contributed by atoms with Gasteiger partial charge in [-0.1, -0.05) is 5.16 Å². The molecule has 0 aromatic rings. The fourth-order valence-corrected chi connectivity index (χ4v) is 1.57. The predicted octanol–water partition coefficient (Wildman–Crippen LogP) is -0.748. The molecule has 0 aromatic carbocycles. The quantitative estimate of drug-likeness (QED) is 0.160. The minimum Gasteiger partial charge on any atom is -0.409 e. The van der Waals surface area contributed by atoms with E-state index in [1.54, 1.807) is 0 Å². The zero-order valence-electron chi connectivity index (χ0n) is 8.94. The first-order chi connectivity index (χ1) is 7.08. The molecule has 1 fully saturated rings. The maximum absolute atomic E-state index is 10.1. The maximum atomic E-state index is 10.1. The van der Waals surface area contributed by atoms with Gasteiger partial charge in [-0.2, -0.15) is 0 Å². The summed E-state index contributed by atoms with van der Waals surface area (Å²) in [6, 6.07) is 0. The van der Waals surface area contributed by atoms with Gasteiger partial charge in [0.15, 0.2) is 0 Å². The molecule has 0 amide bonds. The average Bonchev–Trinajstić information content (AvgIpc) is 2.54. The van der Waals surface area contributed by atoms with E-state index < -0.39 is 5.60 Å². The number of hydrogen-bond donors (Lipinski definition) is 4. The second-order valence-electron chi connectivity index (χ2n) is 3.88. The third kappa shape index (κ3) is 3.33. The van der Waals surface area contributed by atoms with Crippen molar-refractivity contribution in [2.24, 2.45) is 10.9 Å². The van der Waals surface area contributed by atoms with Crippen LogP contribution in [0.15, 0.2) is 5.16 Å². The monoisotopic (exact) mass is 217 g/mol. The highest BCUT2D eigenvalue weighted by atomic mass is 16.5. The van der Waals surface area contributed by atoms with Crippen LogP contribution in [0.2, 0.25) is 0 Å². The van der Waals surface area contributed by atoms with E-state index in [1.165, 1.54) is 0 Å². The van der Waals surface area contributed by atoms with Gasteiger partial charge in [-0.05, 0) is 6.92 Å². The molecule has 0 bridgehead atoms. The number of aliphatic hydroxyl groups is 1. The Kier molecular flexibility index (Phi) is 4.31. The van der Waals surface area contributed by atoms with Crippen LogP contribution >= 0.6 is 0 Å². The van der Waals surface area contributed by atoms with Gasteiger partial charge in [-0.15, -0.1) is 0 Å². The number of oxime groups is 1. The minimum absolute atomic E-state index is 0.145. The van der Waals surface area contributed by atoms with E-state index in [0.29, 0.717) is 32.5 Å². The standard InChI is InChI=1S/C9H19N3O3/c1-7-9(13,3-5-15-7)6-11-4-2-8(10)12-14/h7,11,13-14H,2-6H2,1H3,(H2,10,12). The molecule has 15 heavy (non-hydrogen) atoms. The van der Waals surface area contributed by atoms with Gasteiger partial charge in [0, 0.05) is 32.5 Å². The Morgan fingerprint density at radius 3 is 3.00 bits per heavy atom. The smallest absolute Gasteiger partial charge is 0.140 e. The van der Waals surface area contributed by atoms with E-state index in [9.17, 15) is 5.11 Å². The van der Waals surface area contributed by atoms with E-state index in [4.69, 9.17) is 15.7 Å². The van der Waals surface area contributed by atoms with Crippen LogP contribution in [0.5, 0.6) is 0 Å². The Morgan fingerprint density at radius 2 is 2.47 bits per heavy atom. The maximum Gasteiger partial charge on any atom is 0.140 e. The van der Waals surface area contributed by atoms with E-state index in [1.807, 2.05) is 6.92 Å². The summed E-state index contributed by atoms with van der Waals surface area (Å²) >= 11 is 0. The van der Waals surface area contributed by atoms with Crippen molar-refractivity contribution in [1.82, 2.24) is 5.32 Å². The summed E-state index contributed by atoms with van der Waals surface area (Å²) in [5.41, 5.74) is 4.51. The predicted molar refractivity (Wildman–Crippen MR) is 55.9 cm³/mol. The van der Waals surface area contributed by atoms with Crippen LogP contribution in [0.3, 0.4) is 0 Å². The molecular weight excluding hydrogens is 198 g/mol. The molecule has 1 aliphatic heterocycles. The first kappa shape index (κ1) is 12.2. The third-order valence-electron chi connectivity index (χ3n) is 2.78. The highest BCUT2D eigenvalue weighted by molar-refractivity contribution is 5.79. The molecule has 0 radical (unpaired) electrons. The van der Waals surface area contributed by atoms with Crippen LogP contribution in [0.1, 0.15) is 19.8 Å². The molecule has 0 aliphatic carbocycles. The number of nitrogens with two attached hydrogens (primary N) is 1. The second-order valence-corrected chi connectivity index (χ2v) is 3.88. The molecule has 88 valence electrons. The summed E-state index contributed by atoms with van der Waals surface area (Å²) in [7, 11) is 0. The molecule has 2 atom stereocenters. The van der Waals surface area contributed by atoms with Gasteiger partial charge in [0.25, 0.3) is 0 Å². The Bertz CT molecular complexity index is 235. The highest BCUT2D eigenvalue weighted by Gasteiger charge is 2.38. The Morgan fingerprint density at radius 1 is 1.73 bits per heavy atom. The van der Waals surface area contributed by atoms with E-state index >= 15 is 0 Å². The van der Waals surface area contributed by atoms with E-state index in [-0.39, 0.29) is 11.9 Å². The third-order valence-corrected chi connectivity index (χ3v) is 2.78. The van der Waals surface area contributed by atoms with Crippen molar-refractivity contribution in [3.05, 3.63) is 0 Å². The van der Waals surface area contributed by atoms with Crippen LogP contribution in [0.4, 0.5) is 0 Å². The minimum atomic E-state index is -0.787. The summed E-state index contributed by atoms with van der Waals surface area (Å²) in [5.74, 6) is 0.185. The number of nitrogens with zero attached hydrogens (tertiary/aromatic N) is 1. The van der Waals surface area contributed by atoms with Gasteiger partial charge in [0.05, 0.1) is 6.10 Å². The normalized spacial score (nSPS) is 32.1. The molecule has 6 heteroatoms. The lowest BCUT2D eigenvalue weighted by atomic mass is 9.97. The molecular formula is C9H19N3O3. The number of nitrogens with one attached hydrogen (secondary N) is 1. The van der Waals surface area contributed by atoms with Gasteiger partial charge in [0.1, 0.15) is 11.4 Å². The first-order valence-electron chi connectivity index (χ1n) is 5.09. The summed E-state index contributed by atoms with van der Waals surface area (Å²) in [6.45, 7) is 3.50. The van der Waals surface area contributed by atoms with Crippen LogP contribution in [-0.2, 0) is 4.74 Å². The topological polar surface area (TPSA) is 100 Å². The molecule has 1 aliphatic rings. The molecule has 1 heterocycles. The number of rotatable bonds is 5. The summed E-state index contributed by atoms with van der Waals surface area (Å²) in [5, 5.41) is 24.3. The largest absolute Gasteiger partial charge is 0.409 e. The van der Waals surface area contributed by atoms with Gasteiger partial charge < -0.3 is 26.1 Å². The Hall–Kier alpha value is -0.850. The van der Waals surface area contributed by atoms with Crippen LogP contribution in [-0.4, -0.2) is 47.6 Å². The van der Waals surface area contributed by atoms with Gasteiger partial charge in [-0.25, -0.2) is 0 Å². The van der Waals surface area contributed by atoms with Crippen molar-refractivity contribution in [1.29, 1.82) is 0 Å². The van der Waals surface area contributed by atoms with Crippen LogP contribution in [0, 0.1) is 0 Å². The summed E-state index contributed by atoms with van der Waals surface area (Å²) in [4.78, 5) is 0. The fraction of sp³-hybridized carbons (Fsp3) is 0.889. The SMILES string of the molecule is CC1OCCC1(O)CNCCC(N)=NO. The lowest BCUT2D eigenvalue weighted by Gasteiger charge is -2.26. The second kappa shape index (κ2) is 5.29. The number of amidine groups is 1. The molecule has 1 rings (SSSR count). The first-order valence-corrected chi connectivity index (χ1v) is 5.09. The van der Waals surface area contributed by atoms with Crippen molar-refractivity contribution >= 4 is 5.84 Å². The van der Waals surface area contributed by atoms with Crippen molar-refractivity contribution < 1.29 is 15.1 Å². The van der Waals surface area contributed by atoms with Crippen molar-refractivity contribution in [3.8, 4) is 0 Å². The molecule has 5 N–H and O–H groups in total. The Balaban J connectivity index is 2.19. The van der Waals surface area contributed by atoms with Gasteiger partial charge in [0.2, 0.25) is 0 Å². The number of ether oxygens (including phenoxy) is 1. The Labute approximate surface area is 89.1 Å². The van der Waals surface area contributed by atoms with E-state index in [2.05, 4.69) is 10.5 Å². The van der Waals surface area contributed by atoms with Gasteiger partial charge >= 0.3 is 0 Å². The number of hydrogen-bond acceptors (Lipinski definition) is 5. The van der Waals surface area contributed by atoms with Crippen molar-refractivity contribution in [2.45, 2.75) is 31.5 Å². The lowest BCUT2D eigenvalue weighted by molar-refractivity contribution is -0.0258. The molecule has 1 saturated heterocycles. The lowest BCUT2D eigenvalue weighted by Crippen LogP contribution is -2.46. The highest BCUT2D eigenvalue weighted by Crippen LogP contribution is 2.24. The van der Waals surface area contributed by atoms with Gasteiger partial charge in [-0.3, -0.25) is 0 Å². The zero-order valence-corrected chi connectivity index (χ0v) is 8.94. The van der Waals surface area contributed by atoms with E-state index in [0.717, 1.165) is 0 Å². The van der Waals surface area contributed by atoms with Crippen molar-refractivity contribution in [2.75, 3.05) is 19.7 Å². The summed E-state index contributed by atoms with van der Waals surface area (Å²) in [6.07, 6.45) is 0.959. The van der Waals surface area contributed by atoms with Crippen molar-refractivity contribution in [3.63, 3.8) is 0 Å². The molecule has 2 unspecified atom stereocenters. The average molecular weight is 217 g/mol. The molecule has 0 spiro atoms. The molecule has 6 nitrogen and oxygen atoms in total. The molecule has 0 aromatic heterocycles. The fourth-order valence-electron chi connectivity index (χ4n) is 1.57. The van der Waals surface area contributed by atoms with Crippen LogP contribution in [0.25, 0.3) is 0 Å². The zero-order chi connectivity index (χ0) is 11.3. The summed E-state index contributed by atoms with van der Waals surface area (Å²) < 4.78 is 5.29. The molecule has 0 saturated carbocycles.